The minimum absolute atomic E-state index is 0.0746. The highest BCUT2D eigenvalue weighted by atomic mass is 14.9. The van der Waals surface area contributed by atoms with E-state index in [4.69, 9.17) is 9.97 Å². The van der Waals surface area contributed by atoms with Crippen LogP contribution in [0.2, 0.25) is 0 Å². The van der Waals surface area contributed by atoms with Gasteiger partial charge in [-0.3, -0.25) is 0 Å². The summed E-state index contributed by atoms with van der Waals surface area (Å²) in [5.74, 6) is 0.693. The van der Waals surface area contributed by atoms with Gasteiger partial charge in [0.1, 0.15) is 0 Å². The predicted octanol–water partition coefficient (Wildman–Crippen LogP) is 15.6. The van der Waals surface area contributed by atoms with Crippen LogP contribution in [0.25, 0.3) is 100 Å². The lowest BCUT2D eigenvalue weighted by atomic mass is 9.81. The van der Waals surface area contributed by atoms with Gasteiger partial charge in [-0.25, -0.2) is 9.97 Å². The van der Waals surface area contributed by atoms with Crippen LogP contribution in [0.1, 0.15) is 25.0 Å². The van der Waals surface area contributed by atoms with Gasteiger partial charge < -0.3 is 0 Å². The van der Waals surface area contributed by atoms with E-state index in [2.05, 4.69) is 232 Å². The van der Waals surface area contributed by atoms with Gasteiger partial charge in [-0.1, -0.05) is 202 Å². The maximum atomic E-state index is 5.22. The molecule has 0 spiro atoms. The third-order valence-electron chi connectivity index (χ3n) is 12.5. The van der Waals surface area contributed by atoms with Crippen molar-refractivity contribution in [2.24, 2.45) is 0 Å². The number of hydrogen-bond acceptors (Lipinski definition) is 2. The van der Waals surface area contributed by atoms with Gasteiger partial charge in [0.05, 0.1) is 11.4 Å². The molecule has 0 fully saturated rings. The molecule has 2 heteroatoms. The number of rotatable bonds is 7. The SMILES string of the molecule is CC1(C)c2cc3ccccc3cc2-c2c(-c3ccc(-c4ccc(-c5nc(-c6cccc(-c7ccccc7)c6)cc(-c6cccc(-c7ccccc7)c6)n5)cc4)cc3)cccc21. The second-order valence-electron chi connectivity index (χ2n) is 16.6. The molecule has 0 amide bonds. The number of benzene rings is 9. The molecule has 1 aliphatic rings. The van der Waals surface area contributed by atoms with Crippen LogP contribution in [-0.4, -0.2) is 9.97 Å². The molecular weight excluding hydrogens is 737 g/mol. The van der Waals surface area contributed by atoms with Crippen molar-refractivity contribution in [2.75, 3.05) is 0 Å². The fourth-order valence-electron chi connectivity index (χ4n) is 9.22. The van der Waals surface area contributed by atoms with Crippen molar-refractivity contribution in [2.45, 2.75) is 19.3 Å². The summed E-state index contributed by atoms with van der Waals surface area (Å²) < 4.78 is 0. The zero-order chi connectivity index (χ0) is 40.9. The Labute approximate surface area is 357 Å². The summed E-state index contributed by atoms with van der Waals surface area (Å²) in [6.45, 7) is 4.72. The highest BCUT2D eigenvalue weighted by Gasteiger charge is 2.37. The second kappa shape index (κ2) is 14.9. The Bertz CT molecular complexity index is 3130. The molecule has 11 rings (SSSR count). The number of nitrogens with zero attached hydrogens (tertiary/aromatic N) is 2. The quantitative estimate of drug-likeness (QED) is 0.161. The summed E-state index contributed by atoms with van der Waals surface area (Å²) >= 11 is 0. The lowest BCUT2D eigenvalue weighted by Crippen LogP contribution is -2.14. The zero-order valence-electron chi connectivity index (χ0n) is 34.2. The van der Waals surface area contributed by atoms with Gasteiger partial charge in [0.15, 0.2) is 5.82 Å². The van der Waals surface area contributed by atoms with E-state index in [1.54, 1.807) is 0 Å². The van der Waals surface area contributed by atoms with Crippen molar-refractivity contribution in [1.29, 1.82) is 0 Å². The number of aromatic nitrogens is 2. The van der Waals surface area contributed by atoms with E-state index < -0.39 is 0 Å². The summed E-state index contributed by atoms with van der Waals surface area (Å²) in [7, 11) is 0. The normalized spacial score (nSPS) is 12.6. The minimum Gasteiger partial charge on any atom is -0.228 e. The summed E-state index contributed by atoms with van der Waals surface area (Å²) in [6.07, 6.45) is 0. The minimum atomic E-state index is -0.0746. The lowest BCUT2D eigenvalue weighted by Gasteiger charge is -2.22. The Morgan fingerprint density at radius 3 is 1.31 bits per heavy atom. The molecule has 0 aliphatic heterocycles. The van der Waals surface area contributed by atoms with Crippen LogP contribution in [0.3, 0.4) is 0 Å². The number of fused-ring (bicyclic) bond motifs is 4. The predicted molar refractivity (Wildman–Crippen MR) is 255 cm³/mol. The van der Waals surface area contributed by atoms with Gasteiger partial charge in [0, 0.05) is 22.1 Å². The average molecular weight is 779 g/mol. The molecule has 1 aromatic heterocycles. The fourth-order valence-corrected chi connectivity index (χ4v) is 9.22. The largest absolute Gasteiger partial charge is 0.228 e. The van der Waals surface area contributed by atoms with E-state index in [0.717, 1.165) is 44.8 Å². The fraction of sp³-hybridized carbons (Fsp3) is 0.0508. The van der Waals surface area contributed by atoms with Gasteiger partial charge >= 0.3 is 0 Å². The van der Waals surface area contributed by atoms with Crippen molar-refractivity contribution in [3.8, 4) is 89.5 Å². The second-order valence-corrected chi connectivity index (χ2v) is 16.6. The first-order valence-electron chi connectivity index (χ1n) is 21.1. The molecule has 0 unspecified atom stereocenters. The molecule has 0 radical (unpaired) electrons. The molecule has 0 saturated carbocycles. The highest BCUT2D eigenvalue weighted by Crippen LogP contribution is 2.53. The topological polar surface area (TPSA) is 25.8 Å². The molecule has 0 saturated heterocycles. The van der Waals surface area contributed by atoms with Crippen LogP contribution in [0.4, 0.5) is 0 Å². The van der Waals surface area contributed by atoms with Crippen molar-refractivity contribution < 1.29 is 0 Å². The Morgan fingerprint density at radius 2 is 0.738 bits per heavy atom. The van der Waals surface area contributed by atoms with E-state index in [9.17, 15) is 0 Å². The molecule has 0 atom stereocenters. The average Bonchev–Trinajstić information content (AvgIpc) is 3.56. The summed E-state index contributed by atoms with van der Waals surface area (Å²) in [5, 5.41) is 2.57. The first kappa shape index (κ1) is 36.4. The van der Waals surface area contributed by atoms with Crippen LogP contribution in [0, 0.1) is 0 Å². The monoisotopic (exact) mass is 778 g/mol. The molecule has 288 valence electrons. The lowest BCUT2D eigenvalue weighted by molar-refractivity contribution is 0.661. The van der Waals surface area contributed by atoms with Crippen LogP contribution in [-0.2, 0) is 5.41 Å². The molecule has 0 bridgehead atoms. The van der Waals surface area contributed by atoms with E-state index in [1.165, 1.54) is 60.8 Å². The first-order valence-corrected chi connectivity index (χ1v) is 21.1. The molecule has 2 nitrogen and oxygen atoms in total. The molecule has 9 aromatic carbocycles. The smallest absolute Gasteiger partial charge is 0.160 e. The highest BCUT2D eigenvalue weighted by molar-refractivity contribution is 5.98. The van der Waals surface area contributed by atoms with Gasteiger partial charge in [-0.15, -0.1) is 0 Å². The van der Waals surface area contributed by atoms with E-state index >= 15 is 0 Å². The molecule has 10 aromatic rings. The van der Waals surface area contributed by atoms with Crippen LogP contribution >= 0.6 is 0 Å². The molecule has 61 heavy (non-hydrogen) atoms. The maximum Gasteiger partial charge on any atom is 0.160 e. The van der Waals surface area contributed by atoms with Gasteiger partial charge in [-0.2, -0.15) is 0 Å². The standard InChI is InChI=1S/C59H42N2/c1-59(2)53-25-13-24-51(57(53)52-36-47-18-9-10-19-48(47)37-54(52)59)43-30-26-41(27-31-43)42-28-32-44(33-29-42)58-60-55(49-22-11-20-45(34-49)39-14-5-3-6-15-39)38-56(61-58)50-23-12-21-46(35-50)40-16-7-4-8-17-40/h3-38H,1-2H3. The Kier molecular flexibility index (Phi) is 8.86. The Morgan fingerprint density at radius 1 is 0.295 bits per heavy atom. The zero-order valence-corrected chi connectivity index (χ0v) is 34.2. The van der Waals surface area contributed by atoms with Gasteiger partial charge in [-0.05, 0) is 108 Å². The first-order chi connectivity index (χ1) is 30.0. The molecule has 1 heterocycles. The van der Waals surface area contributed by atoms with Crippen LogP contribution in [0.5, 0.6) is 0 Å². The van der Waals surface area contributed by atoms with Gasteiger partial charge in [0.2, 0.25) is 0 Å². The Hall–Kier alpha value is -7.68. The van der Waals surface area contributed by atoms with Gasteiger partial charge in [0.25, 0.3) is 0 Å². The van der Waals surface area contributed by atoms with E-state index in [1.807, 2.05) is 0 Å². The third-order valence-corrected chi connectivity index (χ3v) is 12.5. The van der Waals surface area contributed by atoms with E-state index in [-0.39, 0.29) is 5.41 Å². The summed E-state index contributed by atoms with van der Waals surface area (Å²) in [5.41, 5.74) is 19.7. The summed E-state index contributed by atoms with van der Waals surface area (Å²) in [4.78, 5) is 10.4. The van der Waals surface area contributed by atoms with Crippen molar-refractivity contribution >= 4 is 10.8 Å². The molecular formula is C59H42N2. The van der Waals surface area contributed by atoms with E-state index in [0.29, 0.717) is 5.82 Å². The molecule has 0 N–H and O–H groups in total. The number of hydrogen-bond donors (Lipinski definition) is 0. The van der Waals surface area contributed by atoms with Crippen molar-refractivity contribution in [3.05, 3.63) is 230 Å². The maximum absolute atomic E-state index is 5.22. The third kappa shape index (κ3) is 6.63. The summed E-state index contributed by atoms with van der Waals surface area (Å²) in [6, 6.07) is 78.5. The molecule has 1 aliphatic carbocycles. The van der Waals surface area contributed by atoms with Crippen molar-refractivity contribution in [3.63, 3.8) is 0 Å². The van der Waals surface area contributed by atoms with Crippen molar-refractivity contribution in [1.82, 2.24) is 9.97 Å². The Balaban J connectivity index is 0.945. The van der Waals surface area contributed by atoms with Crippen LogP contribution < -0.4 is 0 Å². The van der Waals surface area contributed by atoms with Crippen LogP contribution in [0.15, 0.2) is 218 Å².